The van der Waals surface area contributed by atoms with Crippen LogP contribution in [-0.4, -0.2) is 36.1 Å². The Labute approximate surface area is 96.7 Å². The number of hydrogen-bond acceptors (Lipinski definition) is 3. The second-order valence-electron chi connectivity index (χ2n) is 4.26. The van der Waals surface area contributed by atoms with E-state index in [1.807, 2.05) is 18.3 Å². The molecule has 2 rings (SSSR count). The first-order chi connectivity index (χ1) is 7.79. The fourth-order valence-electron chi connectivity index (χ4n) is 1.79. The number of nitrogens with zero attached hydrogens (tertiary/aromatic N) is 2. The number of ether oxygens (including phenoxy) is 1. The van der Waals surface area contributed by atoms with Crippen LogP contribution in [0.5, 0.6) is 5.75 Å². The Morgan fingerprint density at radius 1 is 1.62 bits per heavy atom. The highest BCUT2D eigenvalue weighted by Gasteiger charge is 2.24. The monoisotopic (exact) mass is 218 g/mol. The first-order valence-electron chi connectivity index (χ1n) is 5.67. The van der Waals surface area contributed by atoms with E-state index in [0.717, 1.165) is 24.3 Å². The molecule has 1 fully saturated rings. The number of pyridine rings is 1. The number of likely N-dealkylation sites (N-methyl/N-ethyl adjacent to an activating group) is 1. The summed E-state index contributed by atoms with van der Waals surface area (Å²) < 4.78 is 5.73. The highest BCUT2D eigenvalue weighted by molar-refractivity contribution is 5.24. The first-order valence-corrected chi connectivity index (χ1v) is 5.67. The minimum atomic E-state index is 0.572. The zero-order valence-corrected chi connectivity index (χ0v) is 9.72. The molecule has 3 heteroatoms. The highest BCUT2D eigenvalue weighted by Crippen LogP contribution is 2.17. The van der Waals surface area contributed by atoms with Gasteiger partial charge in [0.2, 0.25) is 0 Å². The van der Waals surface area contributed by atoms with Crippen LogP contribution in [0.3, 0.4) is 0 Å². The molecule has 1 aliphatic heterocycles. The molecule has 0 spiro atoms. The van der Waals surface area contributed by atoms with Crippen molar-refractivity contribution in [1.29, 1.82) is 0 Å². The summed E-state index contributed by atoms with van der Waals surface area (Å²) in [7, 11) is 2.13. The second-order valence-corrected chi connectivity index (χ2v) is 4.26. The molecule has 1 saturated heterocycles. The van der Waals surface area contributed by atoms with Crippen molar-refractivity contribution in [2.24, 2.45) is 0 Å². The maximum Gasteiger partial charge on any atom is 0.137 e. The molecule has 0 aromatic carbocycles. The van der Waals surface area contributed by atoms with Crippen LogP contribution in [0, 0.1) is 0 Å². The van der Waals surface area contributed by atoms with E-state index in [1.165, 1.54) is 13.0 Å². The Hall–Kier alpha value is -1.35. The molecule has 0 amide bonds. The van der Waals surface area contributed by atoms with Crippen LogP contribution < -0.4 is 4.74 Å². The number of rotatable bonds is 5. The molecule has 1 unspecified atom stereocenters. The van der Waals surface area contributed by atoms with Gasteiger partial charge in [-0.25, -0.2) is 0 Å². The van der Waals surface area contributed by atoms with Crippen LogP contribution in [-0.2, 0) is 6.42 Å². The molecular weight excluding hydrogens is 200 g/mol. The third kappa shape index (κ3) is 2.61. The Bertz CT molecular complexity index is 365. The molecule has 1 atom stereocenters. The summed E-state index contributed by atoms with van der Waals surface area (Å²) in [6.07, 6.45) is 7.57. The Kier molecular flexibility index (Phi) is 3.57. The van der Waals surface area contributed by atoms with Crippen LogP contribution in [0.25, 0.3) is 0 Å². The molecular formula is C13H18N2O. The van der Waals surface area contributed by atoms with E-state index >= 15 is 0 Å². The Morgan fingerprint density at radius 3 is 3.12 bits per heavy atom. The van der Waals surface area contributed by atoms with Crippen LogP contribution in [0.2, 0.25) is 0 Å². The van der Waals surface area contributed by atoms with Crippen molar-refractivity contribution in [3.63, 3.8) is 0 Å². The maximum atomic E-state index is 5.73. The lowest BCUT2D eigenvalue weighted by atomic mass is 10.1. The van der Waals surface area contributed by atoms with E-state index in [0.29, 0.717) is 6.04 Å². The van der Waals surface area contributed by atoms with Gasteiger partial charge in [-0.15, -0.1) is 6.58 Å². The predicted molar refractivity (Wildman–Crippen MR) is 64.7 cm³/mol. The van der Waals surface area contributed by atoms with Crippen molar-refractivity contribution < 1.29 is 4.74 Å². The van der Waals surface area contributed by atoms with Gasteiger partial charge in [-0.2, -0.15) is 0 Å². The van der Waals surface area contributed by atoms with Gasteiger partial charge in [0.1, 0.15) is 12.4 Å². The summed E-state index contributed by atoms with van der Waals surface area (Å²) in [4.78, 5) is 6.46. The minimum absolute atomic E-state index is 0.572. The Morgan fingerprint density at radius 2 is 2.50 bits per heavy atom. The van der Waals surface area contributed by atoms with Gasteiger partial charge in [0, 0.05) is 12.2 Å². The first kappa shape index (κ1) is 11.1. The summed E-state index contributed by atoms with van der Waals surface area (Å²) >= 11 is 0. The van der Waals surface area contributed by atoms with Crippen LogP contribution in [0.1, 0.15) is 12.0 Å². The molecule has 0 saturated carbocycles. The lowest BCUT2D eigenvalue weighted by molar-refractivity contribution is 0.0767. The van der Waals surface area contributed by atoms with Crippen LogP contribution >= 0.6 is 0 Å². The molecule has 2 heterocycles. The molecule has 0 bridgehead atoms. The molecule has 0 radical (unpaired) electrons. The van der Waals surface area contributed by atoms with Crippen molar-refractivity contribution >= 4 is 0 Å². The van der Waals surface area contributed by atoms with E-state index in [2.05, 4.69) is 23.5 Å². The zero-order valence-electron chi connectivity index (χ0n) is 9.72. The minimum Gasteiger partial charge on any atom is -0.490 e. The fraction of sp³-hybridized carbons (Fsp3) is 0.462. The Balaban J connectivity index is 1.88. The molecule has 1 aromatic heterocycles. The van der Waals surface area contributed by atoms with Crippen molar-refractivity contribution in [2.75, 3.05) is 20.2 Å². The van der Waals surface area contributed by atoms with Crippen molar-refractivity contribution in [1.82, 2.24) is 9.88 Å². The molecule has 0 aliphatic carbocycles. The van der Waals surface area contributed by atoms with E-state index < -0.39 is 0 Å². The van der Waals surface area contributed by atoms with Gasteiger partial charge in [-0.1, -0.05) is 6.08 Å². The number of allylic oxidation sites excluding steroid dienone is 1. The van der Waals surface area contributed by atoms with E-state index in [-0.39, 0.29) is 0 Å². The third-order valence-corrected chi connectivity index (χ3v) is 3.03. The van der Waals surface area contributed by atoms with E-state index in [4.69, 9.17) is 4.74 Å². The third-order valence-electron chi connectivity index (χ3n) is 3.03. The number of hydrogen-bond donors (Lipinski definition) is 0. The maximum absolute atomic E-state index is 5.73. The average Bonchev–Trinajstić information content (AvgIpc) is 2.28. The van der Waals surface area contributed by atoms with Crippen molar-refractivity contribution in [3.8, 4) is 5.75 Å². The SMILES string of the molecule is C=CCc1cncc(OCC2CCN2C)c1. The van der Waals surface area contributed by atoms with Gasteiger partial charge in [0.15, 0.2) is 0 Å². The van der Waals surface area contributed by atoms with E-state index in [1.54, 1.807) is 6.20 Å². The van der Waals surface area contributed by atoms with Gasteiger partial charge < -0.3 is 4.74 Å². The normalized spacial score (nSPS) is 20.2. The molecule has 16 heavy (non-hydrogen) atoms. The van der Waals surface area contributed by atoms with Gasteiger partial charge in [-0.3, -0.25) is 9.88 Å². The smallest absolute Gasteiger partial charge is 0.137 e. The lowest BCUT2D eigenvalue weighted by Gasteiger charge is -2.37. The zero-order chi connectivity index (χ0) is 11.4. The van der Waals surface area contributed by atoms with Gasteiger partial charge in [0.25, 0.3) is 0 Å². The van der Waals surface area contributed by atoms with Crippen LogP contribution in [0.15, 0.2) is 31.1 Å². The largest absolute Gasteiger partial charge is 0.490 e. The van der Waals surface area contributed by atoms with E-state index in [9.17, 15) is 0 Å². The lowest BCUT2D eigenvalue weighted by Crippen LogP contribution is -2.48. The molecule has 1 aromatic rings. The van der Waals surface area contributed by atoms with Crippen molar-refractivity contribution in [2.45, 2.75) is 18.9 Å². The quantitative estimate of drug-likeness (QED) is 0.706. The second kappa shape index (κ2) is 5.12. The number of aromatic nitrogens is 1. The predicted octanol–water partition coefficient (Wildman–Crippen LogP) is 1.89. The molecule has 3 nitrogen and oxygen atoms in total. The molecule has 1 aliphatic rings. The number of likely N-dealkylation sites (tertiary alicyclic amines) is 1. The molecule has 86 valence electrons. The van der Waals surface area contributed by atoms with Gasteiger partial charge >= 0.3 is 0 Å². The standard InChI is InChI=1S/C13H18N2O/c1-3-4-11-7-13(9-14-8-11)16-10-12-5-6-15(12)2/h3,7-9,12H,1,4-6,10H2,2H3. The summed E-state index contributed by atoms with van der Waals surface area (Å²) in [5.74, 6) is 0.861. The fourth-order valence-corrected chi connectivity index (χ4v) is 1.79. The van der Waals surface area contributed by atoms with Crippen molar-refractivity contribution in [3.05, 3.63) is 36.7 Å². The van der Waals surface area contributed by atoms with Crippen LogP contribution in [0.4, 0.5) is 0 Å². The average molecular weight is 218 g/mol. The summed E-state index contributed by atoms with van der Waals surface area (Å²) in [6.45, 7) is 5.66. The highest BCUT2D eigenvalue weighted by atomic mass is 16.5. The topological polar surface area (TPSA) is 25.4 Å². The summed E-state index contributed by atoms with van der Waals surface area (Å²) in [5.41, 5.74) is 1.15. The summed E-state index contributed by atoms with van der Waals surface area (Å²) in [5, 5.41) is 0. The van der Waals surface area contributed by atoms with Gasteiger partial charge in [0.05, 0.1) is 6.20 Å². The molecule has 0 N–H and O–H groups in total. The van der Waals surface area contributed by atoms with Gasteiger partial charge in [-0.05, 0) is 38.1 Å². The summed E-state index contributed by atoms with van der Waals surface area (Å²) in [6, 6.07) is 2.61.